The highest BCUT2D eigenvalue weighted by Gasteiger charge is 2.00. The number of hydrogen-bond donors (Lipinski definition) is 2. The van der Waals surface area contributed by atoms with Gasteiger partial charge in [0.1, 0.15) is 0 Å². The lowest BCUT2D eigenvalue weighted by atomic mass is 10.2. The monoisotopic (exact) mass is 402 g/mol. The van der Waals surface area contributed by atoms with Gasteiger partial charge in [-0.25, -0.2) is 4.79 Å². The molecule has 0 aromatic carbocycles. The Morgan fingerprint density at radius 1 is 0.724 bits per heavy atom. The minimum Gasteiger partial charge on any atom is -0.453 e. The fourth-order valence-corrected chi connectivity index (χ4v) is 2.28. The molecule has 0 aliphatic rings. The van der Waals surface area contributed by atoms with Gasteiger partial charge in [0, 0.05) is 19.5 Å². The minimum absolute atomic E-state index is 0.00372. The minimum atomic E-state index is -0.488. The molecule has 0 rings (SSSR count). The molecule has 0 spiro atoms. The second kappa shape index (κ2) is 21.7. The zero-order valence-electron chi connectivity index (χ0n) is 18.1. The summed E-state index contributed by atoms with van der Waals surface area (Å²) in [6.07, 6.45) is 28.4. The lowest BCUT2D eigenvalue weighted by Gasteiger charge is -2.05. The molecule has 0 aliphatic heterocycles. The summed E-state index contributed by atoms with van der Waals surface area (Å²) < 4.78 is 4.44. The highest BCUT2D eigenvalue weighted by atomic mass is 16.5. The highest BCUT2D eigenvalue weighted by molar-refractivity contribution is 5.75. The van der Waals surface area contributed by atoms with Gasteiger partial charge < -0.3 is 15.4 Å². The number of methoxy groups -OCH3 is 1. The molecule has 0 atom stereocenters. The van der Waals surface area contributed by atoms with E-state index in [2.05, 4.69) is 83.1 Å². The molecule has 29 heavy (non-hydrogen) atoms. The molecular weight excluding hydrogens is 364 g/mol. The van der Waals surface area contributed by atoms with E-state index in [4.69, 9.17) is 0 Å². The third-order valence-electron chi connectivity index (χ3n) is 3.83. The van der Waals surface area contributed by atoms with Crippen LogP contribution < -0.4 is 10.6 Å². The third kappa shape index (κ3) is 21.6. The fraction of sp³-hybridized carbons (Fsp3) is 0.500. The van der Waals surface area contributed by atoms with Crippen LogP contribution in [0.2, 0.25) is 0 Å². The molecule has 0 unspecified atom stereocenters. The Balaban J connectivity index is 3.52. The number of nitrogens with one attached hydrogen (secondary N) is 2. The van der Waals surface area contributed by atoms with Gasteiger partial charge in [0.25, 0.3) is 0 Å². The van der Waals surface area contributed by atoms with Crippen LogP contribution in [-0.2, 0) is 9.53 Å². The Labute approximate surface area is 176 Å². The summed E-state index contributed by atoms with van der Waals surface area (Å²) in [6.45, 7) is 2.93. The van der Waals surface area contributed by atoms with Gasteiger partial charge >= 0.3 is 6.09 Å². The zero-order chi connectivity index (χ0) is 21.4. The summed E-state index contributed by atoms with van der Waals surface area (Å²) in [6, 6.07) is 0. The maximum atomic E-state index is 11.6. The van der Waals surface area contributed by atoms with Gasteiger partial charge in [0.05, 0.1) is 7.11 Å². The van der Waals surface area contributed by atoms with Crippen LogP contribution in [0.5, 0.6) is 0 Å². The first-order chi connectivity index (χ1) is 14.2. The van der Waals surface area contributed by atoms with Crippen molar-refractivity contribution in [3.63, 3.8) is 0 Å². The molecule has 2 N–H and O–H groups in total. The van der Waals surface area contributed by atoms with Crippen molar-refractivity contribution in [3.8, 4) is 0 Å². The normalized spacial score (nSPS) is 12.1. The number of ether oxygens (including phenoxy) is 1. The molecule has 2 amide bonds. The van der Waals surface area contributed by atoms with E-state index in [0.717, 1.165) is 44.9 Å². The molecule has 5 nitrogen and oxygen atoms in total. The second-order valence-electron chi connectivity index (χ2n) is 6.37. The first-order valence-corrected chi connectivity index (χ1v) is 10.5. The van der Waals surface area contributed by atoms with E-state index in [-0.39, 0.29) is 5.91 Å². The van der Waals surface area contributed by atoms with E-state index in [1.165, 1.54) is 7.11 Å². The van der Waals surface area contributed by atoms with Crippen molar-refractivity contribution < 1.29 is 14.3 Å². The average Bonchev–Trinajstić information content (AvgIpc) is 2.73. The van der Waals surface area contributed by atoms with Crippen molar-refractivity contribution in [2.45, 2.75) is 58.3 Å². The van der Waals surface area contributed by atoms with Gasteiger partial charge in [-0.3, -0.25) is 4.79 Å². The third-order valence-corrected chi connectivity index (χ3v) is 3.83. The van der Waals surface area contributed by atoms with E-state index in [1.807, 2.05) is 0 Å². The smallest absolute Gasteiger partial charge is 0.406 e. The molecule has 5 heteroatoms. The lowest BCUT2D eigenvalue weighted by Crippen LogP contribution is -2.34. The van der Waals surface area contributed by atoms with Crippen LogP contribution >= 0.6 is 0 Å². The number of unbranched alkanes of at least 4 members (excludes halogenated alkanes) is 1. The van der Waals surface area contributed by atoms with Crippen LogP contribution in [0.1, 0.15) is 58.3 Å². The van der Waals surface area contributed by atoms with E-state index in [0.29, 0.717) is 19.5 Å². The van der Waals surface area contributed by atoms with E-state index < -0.39 is 6.09 Å². The molecule has 0 aliphatic carbocycles. The second-order valence-corrected chi connectivity index (χ2v) is 6.37. The SMILES string of the molecule is CC/C=C\C/C=C\C/C=C\C/C=C\C/C=C\CCCC(=O)NCCNC(=O)OC. The van der Waals surface area contributed by atoms with Gasteiger partial charge in [-0.2, -0.15) is 0 Å². The molecule has 0 aromatic heterocycles. The first-order valence-electron chi connectivity index (χ1n) is 10.5. The maximum absolute atomic E-state index is 11.6. The molecule has 0 fully saturated rings. The van der Waals surface area contributed by atoms with Gasteiger partial charge in [0.2, 0.25) is 5.91 Å². The number of allylic oxidation sites excluding steroid dienone is 10. The van der Waals surface area contributed by atoms with Crippen LogP contribution in [0, 0.1) is 0 Å². The molecule has 0 aromatic rings. The van der Waals surface area contributed by atoms with E-state index in [9.17, 15) is 9.59 Å². The number of hydrogen-bond acceptors (Lipinski definition) is 3. The van der Waals surface area contributed by atoms with Gasteiger partial charge in [-0.1, -0.05) is 67.7 Å². The highest BCUT2D eigenvalue weighted by Crippen LogP contribution is 1.99. The number of rotatable bonds is 16. The predicted octanol–water partition coefficient (Wildman–Crippen LogP) is 5.38. The molecule has 0 radical (unpaired) electrons. The summed E-state index contributed by atoms with van der Waals surface area (Å²) in [5, 5.41) is 5.27. The first kappa shape index (κ1) is 26.4. The van der Waals surface area contributed by atoms with Crippen LogP contribution in [0.3, 0.4) is 0 Å². The van der Waals surface area contributed by atoms with Crippen molar-refractivity contribution >= 4 is 12.0 Å². The summed E-state index contributed by atoms with van der Waals surface area (Å²) in [7, 11) is 1.31. The predicted molar refractivity (Wildman–Crippen MR) is 122 cm³/mol. The molecule has 162 valence electrons. The van der Waals surface area contributed by atoms with Crippen molar-refractivity contribution in [1.29, 1.82) is 0 Å². The van der Waals surface area contributed by atoms with Crippen molar-refractivity contribution in [3.05, 3.63) is 60.8 Å². The Hall–Kier alpha value is -2.56. The number of carbonyl (C=O) groups is 2. The van der Waals surface area contributed by atoms with Gasteiger partial charge in [-0.05, 0) is 44.9 Å². The van der Waals surface area contributed by atoms with Crippen LogP contribution in [0.4, 0.5) is 4.79 Å². The maximum Gasteiger partial charge on any atom is 0.406 e. The van der Waals surface area contributed by atoms with Gasteiger partial charge in [-0.15, -0.1) is 0 Å². The van der Waals surface area contributed by atoms with Crippen molar-refractivity contribution in [2.24, 2.45) is 0 Å². The van der Waals surface area contributed by atoms with Crippen LogP contribution in [-0.4, -0.2) is 32.2 Å². The van der Waals surface area contributed by atoms with Crippen LogP contribution in [0.15, 0.2) is 60.8 Å². The Morgan fingerprint density at radius 3 is 1.72 bits per heavy atom. The summed E-state index contributed by atoms with van der Waals surface area (Å²) in [5.41, 5.74) is 0. The number of alkyl carbamates (subject to hydrolysis) is 1. The Kier molecular flexibility index (Phi) is 19.8. The molecule has 0 saturated heterocycles. The summed E-state index contributed by atoms with van der Waals surface area (Å²) >= 11 is 0. The standard InChI is InChI=1S/C24H38N2O3/c1-3-4-5-6-7-8-9-10-11-12-13-14-15-16-17-18-19-20-23(27)25-21-22-26-24(28)29-2/h4-5,7-8,10-11,13-14,16-17H,3,6,9,12,15,18-22H2,1-2H3,(H,25,27)(H,26,28)/b5-4-,8-7-,11-10-,14-13-,17-16-. The van der Waals surface area contributed by atoms with Crippen LogP contribution in [0.25, 0.3) is 0 Å². The summed E-state index contributed by atoms with van der Waals surface area (Å²) in [5.74, 6) is 0.00372. The number of amides is 2. The Morgan fingerprint density at radius 2 is 1.21 bits per heavy atom. The molecule has 0 saturated carbocycles. The topological polar surface area (TPSA) is 67.4 Å². The average molecular weight is 403 g/mol. The fourth-order valence-electron chi connectivity index (χ4n) is 2.28. The van der Waals surface area contributed by atoms with E-state index >= 15 is 0 Å². The zero-order valence-corrected chi connectivity index (χ0v) is 18.1. The van der Waals surface area contributed by atoms with Gasteiger partial charge in [0.15, 0.2) is 0 Å². The van der Waals surface area contributed by atoms with Crippen molar-refractivity contribution in [2.75, 3.05) is 20.2 Å². The molecular formula is C24H38N2O3. The quantitative estimate of drug-likeness (QED) is 0.269. The Bertz CT molecular complexity index is 560. The largest absolute Gasteiger partial charge is 0.453 e. The number of carbonyl (C=O) groups excluding carboxylic acids is 2. The van der Waals surface area contributed by atoms with Crippen molar-refractivity contribution in [1.82, 2.24) is 10.6 Å². The van der Waals surface area contributed by atoms with E-state index in [1.54, 1.807) is 0 Å². The lowest BCUT2D eigenvalue weighted by molar-refractivity contribution is -0.121. The molecule has 0 bridgehead atoms. The summed E-state index contributed by atoms with van der Waals surface area (Å²) in [4.78, 5) is 22.5. The molecule has 0 heterocycles.